The van der Waals surface area contributed by atoms with Gasteiger partial charge in [-0.15, -0.1) is 0 Å². The molecule has 0 radical (unpaired) electrons. The van der Waals surface area contributed by atoms with Gasteiger partial charge in [0.1, 0.15) is 11.6 Å². The number of carbonyl (C=O) groups excluding carboxylic acids is 1. The SMILES string of the molecule is O=C(N1CCC(CO)CC1)C1(c2ccc(F)cc2F)CCCC1. The number of hydrogen-bond donors (Lipinski definition) is 1. The van der Waals surface area contributed by atoms with Crippen molar-refractivity contribution in [2.75, 3.05) is 19.7 Å². The van der Waals surface area contributed by atoms with Gasteiger partial charge in [-0.2, -0.15) is 0 Å². The Bertz CT molecular complexity index is 576. The van der Waals surface area contributed by atoms with E-state index in [4.69, 9.17) is 0 Å². The average molecular weight is 323 g/mol. The summed E-state index contributed by atoms with van der Waals surface area (Å²) in [5.41, 5.74) is -0.505. The Morgan fingerprint density at radius 1 is 1.22 bits per heavy atom. The van der Waals surface area contributed by atoms with Crippen LogP contribution in [0.5, 0.6) is 0 Å². The molecule has 1 aliphatic heterocycles. The molecule has 0 unspecified atom stereocenters. The van der Waals surface area contributed by atoms with E-state index in [0.717, 1.165) is 31.7 Å². The maximum Gasteiger partial charge on any atom is 0.233 e. The predicted molar refractivity (Wildman–Crippen MR) is 82.9 cm³/mol. The van der Waals surface area contributed by atoms with E-state index in [-0.39, 0.29) is 18.4 Å². The van der Waals surface area contributed by atoms with Crippen LogP contribution >= 0.6 is 0 Å². The Hall–Kier alpha value is -1.49. The zero-order valence-corrected chi connectivity index (χ0v) is 13.2. The summed E-state index contributed by atoms with van der Waals surface area (Å²) in [6, 6.07) is 3.55. The molecule has 1 saturated heterocycles. The van der Waals surface area contributed by atoms with E-state index in [1.165, 1.54) is 12.1 Å². The fourth-order valence-corrected chi connectivity index (χ4v) is 4.08. The highest BCUT2D eigenvalue weighted by atomic mass is 19.1. The molecule has 1 aliphatic carbocycles. The van der Waals surface area contributed by atoms with Gasteiger partial charge in [0, 0.05) is 31.3 Å². The quantitative estimate of drug-likeness (QED) is 0.929. The van der Waals surface area contributed by atoms with Gasteiger partial charge in [0.05, 0.1) is 5.41 Å². The zero-order valence-electron chi connectivity index (χ0n) is 13.2. The molecule has 1 aromatic carbocycles. The third-order valence-electron chi connectivity index (χ3n) is 5.47. The predicted octanol–water partition coefficient (Wildman–Crippen LogP) is 3.01. The molecule has 0 aromatic heterocycles. The Kier molecular flexibility index (Phi) is 4.67. The first-order valence-corrected chi connectivity index (χ1v) is 8.42. The molecule has 2 aliphatic rings. The number of rotatable bonds is 3. The maximum absolute atomic E-state index is 14.3. The van der Waals surface area contributed by atoms with Crippen molar-refractivity contribution >= 4 is 5.91 Å². The normalized spacial score (nSPS) is 21.6. The van der Waals surface area contributed by atoms with Crippen LogP contribution in [0.15, 0.2) is 18.2 Å². The van der Waals surface area contributed by atoms with Gasteiger partial charge in [0.15, 0.2) is 0 Å². The Morgan fingerprint density at radius 2 is 1.87 bits per heavy atom. The number of benzene rings is 1. The molecule has 3 nitrogen and oxygen atoms in total. The Morgan fingerprint density at radius 3 is 2.43 bits per heavy atom. The lowest BCUT2D eigenvalue weighted by Gasteiger charge is -2.38. The monoisotopic (exact) mass is 323 g/mol. The van der Waals surface area contributed by atoms with Gasteiger partial charge in [-0.1, -0.05) is 18.9 Å². The minimum Gasteiger partial charge on any atom is -0.396 e. The van der Waals surface area contributed by atoms with E-state index in [0.29, 0.717) is 31.5 Å². The number of amides is 1. The van der Waals surface area contributed by atoms with Crippen molar-refractivity contribution in [3.05, 3.63) is 35.4 Å². The largest absolute Gasteiger partial charge is 0.396 e. The molecule has 2 fully saturated rings. The smallest absolute Gasteiger partial charge is 0.233 e. The van der Waals surface area contributed by atoms with Gasteiger partial charge in [-0.05, 0) is 37.7 Å². The van der Waals surface area contributed by atoms with Crippen LogP contribution in [0.3, 0.4) is 0 Å². The summed E-state index contributed by atoms with van der Waals surface area (Å²) in [7, 11) is 0. The van der Waals surface area contributed by atoms with Crippen molar-refractivity contribution in [2.45, 2.75) is 43.9 Å². The van der Waals surface area contributed by atoms with Gasteiger partial charge < -0.3 is 10.0 Å². The first-order valence-electron chi connectivity index (χ1n) is 8.42. The van der Waals surface area contributed by atoms with Crippen LogP contribution in [0.1, 0.15) is 44.1 Å². The zero-order chi connectivity index (χ0) is 16.4. The van der Waals surface area contributed by atoms with E-state index in [2.05, 4.69) is 0 Å². The second kappa shape index (κ2) is 6.56. The maximum atomic E-state index is 14.3. The Balaban J connectivity index is 1.87. The lowest BCUT2D eigenvalue weighted by Crippen LogP contribution is -2.49. The molecular formula is C18H23F2NO2. The van der Waals surface area contributed by atoms with Gasteiger partial charge >= 0.3 is 0 Å². The van der Waals surface area contributed by atoms with Crippen LogP contribution in [0.25, 0.3) is 0 Å². The molecule has 0 spiro atoms. The standard InChI is InChI=1S/C18H23F2NO2/c19-14-3-4-15(16(20)11-14)18(7-1-2-8-18)17(23)21-9-5-13(12-22)6-10-21/h3-4,11,13,22H,1-2,5-10,12H2. The first-order chi connectivity index (χ1) is 11.1. The molecule has 1 aromatic rings. The Labute approximate surface area is 135 Å². The first kappa shape index (κ1) is 16.4. The number of aliphatic hydroxyl groups excluding tert-OH is 1. The van der Waals surface area contributed by atoms with E-state index < -0.39 is 17.0 Å². The summed E-state index contributed by atoms with van der Waals surface area (Å²) in [4.78, 5) is 15.0. The highest BCUT2D eigenvalue weighted by Gasteiger charge is 2.46. The summed E-state index contributed by atoms with van der Waals surface area (Å²) >= 11 is 0. The number of aliphatic hydroxyl groups is 1. The highest BCUT2D eigenvalue weighted by Crippen LogP contribution is 2.44. The van der Waals surface area contributed by atoms with Crippen molar-refractivity contribution in [2.24, 2.45) is 5.92 Å². The summed E-state index contributed by atoms with van der Waals surface area (Å²) in [6.07, 6.45) is 4.57. The van der Waals surface area contributed by atoms with Gasteiger partial charge in [-0.25, -0.2) is 8.78 Å². The highest BCUT2D eigenvalue weighted by molar-refractivity contribution is 5.88. The molecule has 3 rings (SSSR count). The lowest BCUT2D eigenvalue weighted by atomic mass is 9.76. The molecule has 0 atom stereocenters. The van der Waals surface area contributed by atoms with Crippen LogP contribution in [-0.4, -0.2) is 35.6 Å². The van der Waals surface area contributed by atoms with Crippen LogP contribution in [-0.2, 0) is 10.2 Å². The molecule has 23 heavy (non-hydrogen) atoms. The van der Waals surface area contributed by atoms with Crippen molar-refractivity contribution in [1.29, 1.82) is 0 Å². The number of hydrogen-bond acceptors (Lipinski definition) is 2. The third-order valence-corrected chi connectivity index (χ3v) is 5.47. The number of halogens is 2. The molecular weight excluding hydrogens is 300 g/mol. The van der Waals surface area contributed by atoms with E-state index in [1.807, 2.05) is 0 Å². The molecule has 1 saturated carbocycles. The van der Waals surface area contributed by atoms with Crippen molar-refractivity contribution < 1.29 is 18.7 Å². The van der Waals surface area contributed by atoms with Crippen LogP contribution in [0, 0.1) is 17.6 Å². The second-order valence-corrected chi connectivity index (χ2v) is 6.83. The fourth-order valence-electron chi connectivity index (χ4n) is 4.08. The van der Waals surface area contributed by atoms with Gasteiger partial charge in [0.25, 0.3) is 0 Å². The minimum absolute atomic E-state index is 0.0307. The fraction of sp³-hybridized carbons (Fsp3) is 0.611. The van der Waals surface area contributed by atoms with Crippen molar-refractivity contribution in [3.8, 4) is 0 Å². The summed E-state index contributed by atoms with van der Waals surface area (Å²) < 4.78 is 27.6. The van der Waals surface area contributed by atoms with E-state index >= 15 is 0 Å². The molecule has 1 amide bonds. The van der Waals surface area contributed by atoms with E-state index in [1.54, 1.807) is 4.90 Å². The minimum atomic E-state index is -0.843. The van der Waals surface area contributed by atoms with Crippen molar-refractivity contribution in [1.82, 2.24) is 4.90 Å². The topological polar surface area (TPSA) is 40.5 Å². The number of nitrogens with zero attached hydrogens (tertiary/aromatic N) is 1. The number of piperidine rings is 1. The molecule has 126 valence electrons. The van der Waals surface area contributed by atoms with Gasteiger partial charge in [-0.3, -0.25) is 4.79 Å². The molecule has 0 bridgehead atoms. The summed E-state index contributed by atoms with van der Waals surface area (Å²) in [5.74, 6) is -1.01. The third kappa shape index (κ3) is 2.99. The second-order valence-electron chi connectivity index (χ2n) is 6.83. The average Bonchev–Trinajstić information content (AvgIpc) is 3.05. The van der Waals surface area contributed by atoms with Crippen LogP contribution in [0.2, 0.25) is 0 Å². The number of carbonyl (C=O) groups is 1. The number of likely N-dealkylation sites (tertiary alicyclic amines) is 1. The molecule has 1 N–H and O–H groups in total. The van der Waals surface area contributed by atoms with Crippen LogP contribution in [0.4, 0.5) is 8.78 Å². The summed E-state index contributed by atoms with van der Waals surface area (Å²) in [5, 5.41) is 9.23. The van der Waals surface area contributed by atoms with Crippen molar-refractivity contribution in [3.63, 3.8) is 0 Å². The molecule has 1 heterocycles. The van der Waals surface area contributed by atoms with Crippen LogP contribution < -0.4 is 0 Å². The summed E-state index contributed by atoms with van der Waals surface area (Å²) in [6.45, 7) is 1.36. The lowest BCUT2D eigenvalue weighted by molar-refractivity contribution is -0.139. The van der Waals surface area contributed by atoms with E-state index in [9.17, 15) is 18.7 Å². The molecule has 5 heteroatoms. The van der Waals surface area contributed by atoms with Gasteiger partial charge in [0.2, 0.25) is 5.91 Å².